The summed E-state index contributed by atoms with van der Waals surface area (Å²) in [4.78, 5) is 47.5. The van der Waals surface area contributed by atoms with Gasteiger partial charge < -0.3 is 25.4 Å². The normalized spacial score (nSPS) is 11.3. The third kappa shape index (κ3) is 7.60. The fourth-order valence-corrected chi connectivity index (χ4v) is 2.52. The van der Waals surface area contributed by atoms with Gasteiger partial charge >= 0.3 is 5.97 Å². The lowest BCUT2D eigenvalue weighted by atomic mass is 10.2. The molecule has 0 aliphatic carbocycles. The van der Waals surface area contributed by atoms with Crippen molar-refractivity contribution in [1.29, 1.82) is 0 Å². The van der Waals surface area contributed by atoms with E-state index in [1.54, 1.807) is 61.7 Å². The van der Waals surface area contributed by atoms with Crippen LogP contribution in [0.4, 0.5) is 5.69 Å². The van der Waals surface area contributed by atoms with Gasteiger partial charge in [0, 0.05) is 24.4 Å². The summed E-state index contributed by atoms with van der Waals surface area (Å²) in [5.41, 5.74) is 1.68. The first-order valence-corrected chi connectivity index (χ1v) is 9.73. The number of benzene rings is 2. The number of methoxy groups -OCH3 is 1. The minimum Gasteiger partial charge on any atom is -0.497 e. The van der Waals surface area contributed by atoms with E-state index in [0.717, 1.165) is 5.56 Å². The second kappa shape index (κ2) is 11.9. The van der Waals surface area contributed by atoms with Crippen LogP contribution in [-0.2, 0) is 19.1 Å². The first kappa shape index (κ1) is 24.1. The van der Waals surface area contributed by atoms with Gasteiger partial charge in [-0.25, -0.2) is 4.79 Å². The number of nitrogens with one attached hydrogen (secondary N) is 3. The number of esters is 1. The van der Waals surface area contributed by atoms with Crippen LogP contribution >= 0.6 is 0 Å². The molecule has 0 heterocycles. The van der Waals surface area contributed by atoms with Gasteiger partial charge in [-0.3, -0.25) is 14.4 Å². The number of rotatable bonds is 9. The molecule has 0 bridgehead atoms. The Balaban J connectivity index is 1.76. The van der Waals surface area contributed by atoms with Crippen LogP contribution in [-0.4, -0.2) is 50.5 Å². The number of carbonyl (C=O) groups excluding carboxylic acids is 4. The van der Waals surface area contributed by atoms with E-state index in [0.29, 0.717) is 17.0 Å². The molecule has 3 N–H and O–H groups in total. The highest BCUT2D eigenvalue weighted by molar-refractivity contribution is 5.97. The molecule has 32 heavy (non-hydrogen) atoms. The number of anilines is 1. The minimum absolute atomic E-state index is 0.244. The number of ether oxygens (including phenoxy) is 2. The molecule has 0 spiro atoms. The van der Waals surface area contributed by atoms with Crippen LogP contribution in [0.3, 0.4) is 0 Å². The van der Waals surface area contributed by atoms with E-state index >= 15 is 0 Å². The molecule has 0 aliphatic rings. The zero-order valence-corrected chi connectivity index (χ0v) is 18.0. The van der Waals surface area contributed by atoms with Crippen molar-refractivity contribution in [3.63, 3.8) is 0 Å². The molecule has 9 nitrogen and oxygen atoms in total. The maximum atomic E-state index is 12.0. The predicted molar refractivity (Wildman–Crippen MR) is 119 cm³/mol. The third-order valence-electron chi connectivity index (χ3n) is 4.26. The summed E-state index contributed by atoms with van der Waals surface area (Å²) in [6, 6.07) is 12.4. The highest BCUT2D eigenvalue weighted by Gasteiger charge is 2.17. The van der Waals surface area contributed by atoms with Gasteiger partial charge in [-0.05, 0) is 55.0 Å². The lowest BCUT2D eigenvalue weighted by Crippen LogP contribution is -2.39. The molecule has 2 aromatic carbocycles. The van der Waals surface area contributed by atoms with Gasteiger partial charge in [-0.1, -0.05) is 12.1 Å². The van der Waals surface area contributed by atoms with Crippen LogP contribution in [0.25, 0.3) is 6.08 Å². The molecule has 0 aliphatic heterocycles. The molecule has 1 atom stereocenters. The third-order valence-corrected chi connectivity index (χ3v) is 4.26. The van der Waals surface area contributed by atoms with Crippen LogP contribution < -0.4 is 20.7 Å². The average Bonchev–Trinajstić information content (AvgIpc) is 2.81. The summed E-state index contributed by atoms with van der Waals surface area (Å²) in [5, 5.41) is 7.52. The van der Waals surface area contributed by atoms with Gasteiger partial charge in [0.15, 0.2) is 6.61 Å². The fraction of sp³-hybridized carbons (Fsp3) is 0.217. The Hall–Kier alpha value is -4.14. The van der Waals surface area contributed by atoms with Gasteiger partial charge in [0.1, 0.15) is 11.8 Å². The Morgan fingerprint density at radius 3 is 2.25 bits per heavy atom. The lowest BCUT2D eigenvalue weighted by Gasteiger charge is -2.12. The van der Waals surface area contributed by atoms with Crippen molar-refractivity contribution in [2.75, 3.05) is 26.1 Å². The molecule has 2 aromatic rings. The molecule has 0 unspecified atom stereocenters. The summed E-state index contributed by atoms with van der Waals surface area (Å²) in [5.74, 6) is -1.32. The smallest absolute Gasteiger partial charge is 0.328 e. The molecule has 9 heteroatoms. The summed E-state index contributed by atoms with van der Waals surface area (Å²) < 4.78 is 10.0. The van der Waals surface area contributed by atoms with E-state index in [-0.39, 0.29) is 5.91 Å². The standard InChI is InChI=1S/C23H25N3O6/c1-15(25-20(27)13-6-16-4-11-19(31-3)12-5-16)23(30)32-14-21(28)26-18-9-7-17(8-10-18)22(29)24-2/h4-13,15H,14H2,1-3H3,(H,24,29)(H,25,27)(H,26,28)/b13-6+/t15-/m0/s1. The maximum Gasteiger partial charge on any atom is 0.328 e. The summed E-state index contributed by atoms with van der Waals surface area (Å²) in [7, 11) is 3.08. The molecule has 0 saturated heterocycles. The zero-order valence-electron chi connectivity index (χ0n) is 18.0. The molecular formula is C23H25N3O6. The monoisotopic (exact) mass is 439 g/mol. The van der Waals surface area contributed by atoms with Crippen molar-refractivity contribution >= 4 is 35.5 Å². The molecule has 0 fully saturated rings. The minimum atomic E-state index is -0.942. The predicted octanol–water partition coefficient (Wildman–Crippen LogP) is 1.75. The number of carbonyl (C=O) groups is 4. The Kier molecular flexibility index (Phi) is 8.97. The quantitative estimate of drug-likeness (QED) is 0.404. The van der Waals surface area contributed by atoms with E-state index in [1.165, 1.54) is 20.0 Å². The Bertz CT molecular complexity index is 984. The van der Waals surface area contributed by atoms with Crippen molar-refractivity contribution in [3.8, 4) is 5.75 Å². The second-order valence-electron chi connectivity index (χ2n) is 6.65. The Morgan fingerprint density at radius 1 is 1.00 bits per heavy atom. The molecular weight excluding hydrogens is 414 g/mol. The van der Waals surface area contributed by atoms with Crippen molar-refractivity contribution in [2.24, 2.45) is 0 Å². The summed E-state index contributed by atoms with van der Waals surface area (Å²) in [6.07, 6.45) is 2.89. The largest absolute Gasteiger partial charge is 0.497 e. The van der Waals surface area contributed by atoms with E-state index in [9.17, 15) is 19.2 Å². The summed E-state index contributed by atoms with van der Waals surface area (Å²) >= 11 is 0. The number of hydrogen-bond donors (Lipinski definition) is 3. The zero-order chi connectivity index (χ0) is 23.5. The van der Waals surface area contributed by atoms with Gasteiger partial charge in [-0.2, -0.15) is 0 Å². The topological polar surface area (TPSA) is 123 Å². The fourth-order valence-electron chi connectivity index (χ4n) is 2.52. The van der Waals surface area contributed by atoms with E-state index < -0.39 is 30.4 Å². The van der Waals surface area contributed by atoms with Crippen LogP contribution in [0.15, 0.2) is 54.6 Å². The van der Waals surface area contributed by atoms with E-state index in [1.807, 2.05) is 0 Å². The van der Waals surface area contributed by atoms with Crippen LogP contribution in [0.2, 0.25) is 0 Å². The Morgan fingerprint density at radius 2 is 1.66 bits per heavy atom. The molecule has 0 saturated carbocycles. The first-order valence-electron chi connectivity index (χ1n) is 9.73. The van der Waals surface area contributed by atoms with Gasteiger partial charge in [0.2, 0.25) is 5.91 Å². The van der Waals surface area contributed by atoms with Crippen molar-refractivity contribution in [2.45, 2.75) is 13.0 Å². The van der Waals surface area contributed by atoms with Crippen molar-refractivity contribution < 1.29 is 28.7 Å². The maximum absolute atomic E-state index is 12.0. The molecule has 3 amide bonds. The number of hydrogen-bond acceptors (Lipinski definition) is 6. The molecule has 168 valence electrons. The van der Waals surface area contributed by atoms with Crippen LogP contribution in [0.5, 0.6) is 5.75 Å². The Labute approximate surface area is 185 Å². The first-order chi connectivity index (χ1) is 15.3. The van der Waals surface area contributed by atoms with Crippen molar-refractivity contribution in [3.05, 3.63) is 65.7 Å². The van der Waals surface area contributed by atoms with Crippen LogP contribution in [0, 0.1) is 0 Å². The van der Waals surface area contributed by atoms with Gasteiger partial charge in [0.25, 0.3) is 11.8 Å². The lowest BCUT2D eigenvalue weighted by molar-refractivity contribution is -0.149. The highest BCUT2D eigenvalue weighted by Crippen LogP contribution is 2.12. The summed E-state index contributed by atoms with van der Waals surface area (Å²) in [6.45, 7) is 0.939. The number of amides is 3. The highest BCUT2D eigenvalue weighted by atomic mass is 16.5. The van der Waals surface area contributed by atoms with Gasteiger partial charge in [-0.15, -0.1) is 0 Å². The van der Waals surface area contributed by atoms with E-state index in [4.69, 9.17) is 9.47 Å². The average molecular weight is 439 g/mol. The van der Waals surface area contributed by atoms with Crippen molar-refractivity contribution in [1.82, 2.24) is 10.6 Å². The van der Waals surface area contributed by atoms with E-state index in [2.05, 4.69) is 16.0 Å². The SMILES string of the molecule is CNC(=O)c1ccc(NC(=O)COC(=O)[C@H](C)NC(=O)/C=C/c2ccc(OC)cc2)cc1. The molecule has 2 rings (SSSR count). The molecule has 0 radical (unpaired) electrons. The van der Waals surface area contributed by atoms with Gasteiger partial charge in [0.05, 0.1) is 7.11 Å². The van der Waals surface area contributed by atoms with Crippen LogP contribution in [0.1, 0.15) is 22.8 Å². The second-order valence-corrected chi connectivity index (χ2v) is 6.65. The molecule has 0 aromatic heterocycles.